The standard InChI is InChI=1S/C11H12N6O2S/c1-16-10-6(4-13-16)9(12)14-7(15-10)5-17-8(18)2-3-20-11(17)19/h4H,2-3,5H2,1H3,(H2,12,14,15). The number of hydrogen-bond acceptors (Lipinski definition) is 7. The minimum Gasteiger partial charge on any atom is -0.383 e. The summed E-state index contributed by atoms with van der Waals surface area (Å²) >= 11 is 1.12. The van der Waals surface area contributed by atoms with Crippen molar-refractivity contribution in [3.05, 3.63) is 12.0 Å². The second-order valence-corrected chi connectivity index (χ2v) is 5.42. The second-order valence-electron chi connectivity index (χ2n) is 4.37. The quantitative estimate of drug-likeness (QED) is 0.860. The van der Waals surface area contributed by atoms with E-state index in [1.54, 1.807) is 17.9 Å². The maximum Gasteiger partial charge on any atom is 0.288 e. The Kier molecular flexibility index (Phi) is 3.05. The summed E-state index contributed by atoms with van der Waals surface area (Å²) in [6.07, 6.45) is 1.93. The number of hydrogen-bond donors (Lipinski definition) is 1. The van der Waals surface area contributed by atoms with Gasteiger partial charge in [0, 0.05) is 19.2 Å². The molecule has 1 saturated heterocycles. The molecule has 1 aliphatic rings. The fourth-order valence-electron chi connectivity index (χ4n) is 2.00. The van der Waals surface area contributed by atoms with Gasteiger partial charge in [0.2, 0.25) is 5.91 Å². The summed E-state index contributed by atoms with van der Waals surface area (Å²) in [5, 5.41) is 4.44. The minimum atomic E-state index is -0.270. The fourth-order valence-corrected chi connectivity index (χ4v) is 2.77. The summed E-state index contributed by atoms with van der Waals surface area (Å²) in [5.41, 5.74) is 6.43. The van der Waals surface area contributed by atoms with Gasteiger partial charge in [-0.3, -0.25) is 19.2 Å². The first-order valence-corrected chi connectivity index (χ1v) is 6.96. The number of aryl methyl sites for hydroxylation is 1. The van der Waals surface area contributed by atoms with E-state index in [9.17, 15) is 9.59 Å². The van der Waals surface area contributed by atoms with Crippen molar-refractivity contribution < 1.29 is 9.59 Å². The molecule has 0 aliphatic carbocycles. The zero-order valence-corrected chi connectivity index (χ0v) is 11.6. The van der Waals surface area contributed by atoms with Crippen LogP contribution in [-0.2, 0) is 18.4 Å². The van der Waals surface area contributed by atoms with E-state index in [4.69, 9.17) is 5.73 Å². The minimum absolute atomic E-state index is 0.0377. The third-order valence-electron chi connectivity index (χ3n) is 3.03. The Morgan fingerprint density at radius 1 is 1.40 bits per heavy atom. The Hall–Kier alpha value is -2.16. The molecule has 0 unspecified atom stereocenters. The highest BCUT2D eigenvalue weighted by atomic mass is 32.2. The molecule has 3 rings (SSSR count). The number of rotatable bonds is 2. The van der Waals surface area contributed by atoms with Gasteiger partial charge in [0.15, 0.2) is 11.5 Å². The molecule has 9 heteroatoms. The molecule has 8 nitrogen and oxygen atoms in total. The van der Waals surface area contributed by atoms with Crippen LogP contribution < -0.4 is 5.73 Å². The predicted molar refractivity (Wildman–Crippen MR) is 73.7 cm³/mol. The Morgan fingerprint density at radius 3 is 2.95 bits per heavy atom. The predicted octanol–water partition coefficient (Wildman–Crippen LogP) is 0.531. The maximum atomic E-state index is 11.8. The Balaban J connectivity index is 1.96. The van der Waals surface area contributed by atoms with Crippen LogP contribution in [0, 0.1) is 0 Å². The van der Waals surface area contributed by atoms with Crippen molar-refractivity contribution >= 4 is 39.8 Å². The third-order valence-corrected chi connectivity index (χ3v) is 3.91. The number of imide groups is 1. The largest absolute Gasteiger partial charge is 0.383 e. The van der Waals surface area contributed by atoms with Crippen LogP contribution in [0.15, 0.2) is 6.20 Å². The number of nitrogen functional groups attached to an aromatic ring is 1. The molecule has 0 bridgehead atoms. The Bertz CT molecular complexity index is 696. The first-order chi connectivity index (χ1) is 9.56. The van der Waals surface area contributed by atoms with Crippen molar-refractivity contribution in [3.63, 3.8) is 0 Å². The van der Waals surface area contributed by atoms with Crippen molar-refractivity contribution in [3.8, 4) is 0 Å². The molecule has 0 atom stereocenters. The topological polar surface area (TPSA) is 107 Å². The maximum absolute atomic E-state index is 11.8. The van der Waals surface area contributed by atoms with Gasteiger partial charge in [-0.1, -0.05) is 11.8 Å². The molecular weight excluding hydrogens is 280 g/mol. The number of nitrogens with zero attached hydrogens (tertiary/aromatic N) is 5. The van der Waals surface area contributed by atoms with Crippen molar-refractivity contribution in [2.75, 3.05) is 11.5 Å². The van der Waals surface area contributed by atoms with E-state index >= 15 is 0 Å². The van der Waals surface area contributed by atoms with E-state index in [1.165, 1.54) is 0 Å². The van der Waals surface area contributed by atoms with E-state index in [0.717, 1.165) is 16.7 Å². The molecule has 1 aliphatic heterocycles. The van der Waals surface area contributed by atoms with Crippen molar-refractivity contribution in [2.24, 2.45) is 7.05 Å². The third kappa shape index (κ3) is 2.09. The number of fused-ring (bicyclic) bond motifs is 1. The van der Waals surface area contributed by atoms with Crippen LogP contribution in [0.3, 0.4) is 0 Å². The molecule has 0 spiro atoms. The van der Waals surface area contributed by atoms with E-state index in [1.807, 2.05) is 0 Å². The van der Waals surface area contributed by atoms with Gasteiger partial charge in [-0.05, 0) is 0 Å². The molecule has 2 aromatic heterocycles. The zero-order chi connectivity index (χ0) is 14.3. The molecule has 2 amide bonds. The molecule has 2 N–H and O–H groups in total. The summed E-state index contributed by atoms with van der Waals surface area (Å²) in [6.45, 7) is 0.0377. The van der Waals surface area contributed by atoms with Gasteiger partial charge in [-0.2, -0.15) is 5.10 Å². The summed E-state index contributed by atoms with van der Waals surface area (Å²) in [4.78, 5) is 33.1. The average Bonchev–Trinajstić information content (AvgIpc) is 2.77. The van der Waals surface area contributed by atoms with Gasteiger partial charge in [-0.15, -0.1) is 0 Å². The number of nitrogens with two attached hydrogens (primary N) is 1. The van der Waals surface area contributed by atoms with Crippen molar-refractivity contribution in [2.45, 2.75) is 13.0 Å². The number of anilines is 1. The Labute approximate surface area is 118 Å². The molecule has 1 fully saturated rings. The van der Waals surface area contributed by atoms with Crippen LogP contribution in [0.25, 0.3) is 11.0 Å². The normalized spacial score (nSPS) is 16.1. The molecule has 0 radical (unpaired) electrons. The Morgan fingerprint density at radius 2 is 2.20 bits per heavy atom. The monoisotopic (exact) mass is 292 g/mol. The van der Waals surface area contributed by atoms with Crippen LogP contribution in [-0.4, -0.2) is 41.5 Å². The van der Waals surface area contributed by atoms with Gasteiger partial charge < -0.3 is 5.73 Å². The van der Waals surface area contributed by atoms with Crippen LogP contribution in [0.4, 0.5) is 10.6 Å². The summed E-state index contributed by atoms with van der Waals surface area (Å²) in [6, 6.07) is 0. The smallest absolute Gasteiger partial charge is 0.288 e. The highest BCUT2D eigenvalue weighted by Crippen LogP contribution is 2.22. The second kappa shape index (κ2) is 4.75. The number of carbonyl (C=O) groups excluding carboxylic acids is 2. The molecule has 0 aromatic carbocycles. The number of carbonyl (C=O) groups is 2. The fraction of sp³-hybridized carbons (Fsp3) is 0.364. The van der Waals surface area contributed by atoms with Crippen LogP contribution in [0.1, 0.15) is 12.2 Å². The molecule has 2 aromatic rings. The van der Waals surface area contributed by atoms with Crippen LogP contribution in [0.2, 0.25) is 0 Å². The van der Waals surface area contributed by atoms with Gasteiger partial charge in [0.25, 0.3) is 5.24 Å². The van der Waals surface area contributed by atoms with Crippen molar-refractivity contribution in [1.29, 1.82) is 0 Å². The lowest BCUT2D eigenvalue weighted by Gasteiger charge is -2.23. The molecular formula is C11H12N6O2S. The summed E-state index contributed by atoms with van der Waals surface area (Å²) < 4.78 is 1.57. The van der Waals surface area contributed by atoms with Crippen molar-refractivity contribution in [1.82, 2.24) is 24.6 Å². The lowest BCUT2D eigenvalue weighted by molar-refractivity contribution is -0.128. The lowest BCUT2D eigenvalue weighted by atomic mass is 10.3. The molecule has 3 heterocycles. The summed E-state index contributed by atoms with van der Waals surface area (Å²) in [7, 11) is 1.74. The van der Waals surface area contributed by atoms with Gasteiger partial charge >= 0.3 is 0 Å². The molecule has 0 saturated carbocycles. The van der Waals surface area contributed by atoms with Gasteiger partial charge in [-0.25, -0.2) is 9.97 Å². The van der Waals surface area contributed by atoms with Crippen LogP contribution in [0.5, 0.6) is 0 Å². The SMILES string of the molecule is Cn1ncc2c(N)nc(CN3C(=O)CCSC3=O)nc21. The number of thioether (sulfide) groups is 1. The van der Waals surface area contributed by atoms with Crippen LogP contribution >= 0.6 is 11.8 Å². The number of amides is 2. The van der Waals surface area contributed by atoms with E-state index in [0.29, 0.717) is 34.8 Å². The highest BCUT2D eigenvalue weighted by Gasteiger charge is 2.27. The molecule has 20 heavy (non-hydrogen) atoms. The average molecular weight is 292 g/mol. The molecule has 104 valence electrons. The highest BCUT2D eigenvalue weighted by molar-refractivity contribution is 8.13. The van der Waals surface area contributed by atoms with E-state index < -0.39 is 0 Å². The lowest BCUT2D eigenvalue weighted by Crippen LogP contribution is -2.38. The zero-order valence-electron chi connectivity index (χ0n) is 10.7. The van der Waals surface area contributed by atoms with Gasteiger partial charge in [0.05, 0.1) is 18.1 Å². The summed E-state index contributed by atoms with van der Waals surface area (Å²) in [5.74, 6) is 0.948. The first kappa shape index (κ1) is 12.9. The van der Waals surface area contributed by atoms with E-state index in [-0.39, 0.29) is 17.7 Å². The first-order valence-electron chi connectivity index (χ1n) is 5.97. The van der Waals surface area contributed by atoms with Gasteiger partial charge in [0.1, 0.15) is 5.82 Å². The van der Waals surface area contributed by atoms with E-state index in [2.05, 4.69) is 15.1 Å². The number of aromatic nitrogens is 4.